The molecule has 2 aromatic rings. The van der Waals surface area contributed by atoms with Crippen molar-refractivity contribution in [2.75, 3.05) is 25.0 Å². The zero-order valence-corrected chi connectivity index (χ0v) is 15.7. The summed E-state index contributed by atoms with van der Waals surface area (Å²) in [5, 5.41) is 10.6. The van der Waals surface area contributed by atoms with Crippen LogP contribution in [0.15, 0.2) is 27.5 Å². The highest BCUT2D eigenvalue weighted by molar-refractivity contribution is 7.89. The first-order valence-corrected chi connectivity index (χ1v) is 10.3. The summed E-state index contributed by atoms with van der Waals surface area (Å²) < 4.78 is 38.7. The summed E-state index contributed by atoms with van der Waals surface area (Å²) in [6, 6.07) is 4.80. The number of morpholine rings is 1. The van der Waals surface area contributed by atoms with Crippen LogP contribution in [0.2, 0.25) is 0 Å². The van der Waals surface area contributed by atoms with Crippen LogP contribution in [0.4, 0.5) is 5.69 Å². The molecule has 0 radical (unpaired) electrons. The van der Waals surface area contributed by atoms with Crippen molar-refractivity contribution < 1.29 is 22.4 Å². The summed E-state index contributed by atoms with van der Waals surface area (Å²) in [5.41, 5.74) is 1.49. The SMILES string of the molecule is CCc1nnc([C@H]2CN(S(=O)(=O)c3ccc4c(c3)CCC(=O)N4)CCO2)o1. The second-order valence-electron chi connectivity index (χ2n) is 6.48. The lowest BCUT2D eigenvalue weighted by Gasteiger charge is -2.30. The van der Waals surface area contributed by atoms with Gasteiger partial charge in [0.1, 0.15) is 6.10 Å². The Morgan fingerprint density at radius 3 is 2.93 bits per heavy atom. The van der Waals surface area contributed by atoms with Gasteiger partial charge in [0.2, 0.25) is 27.7 Å². The Morgan fingerprint density at radius 2 is 2.15 bits per heavy atom. The first-order chi connectivity index (χ1) is 13.0. The molecule has 1 saturated heterocycles. The van der Waals surface area contributed by atoms with Crippen LogP contribution in [0.3, 0.4) is 0 Å². The van der Waals surface area contributed by atoms with Gasteiger partial charge in [-0.05, 0) is 30.2 Å². The third-order valence-corrected chi connectivity index (χ3v) is 6.56. The number of amides is 1. The number of benzene rings is 1. The van der Waals surface area contributed by atoms with E-state index in [0.29, 0.717) is 36.7 Å². The predicted octanol–water partition coefficient (Wildman–Crippen LogP) is 1.28. The van der Waals surface area contributed by atoms with E-state index in [-0.39, 0.29) is 30.5 Å². The van der Waals surface area contributed by atoms with E-state index in [1.165, 1.54) is 10.4 Å². The maximum atomic E-state index is 13.1. The summed E-state index contributed by atoms with van der Waals surface area (Å²) >= 11 is 0. The summed E-state index contributed by atoms with van der Waals surface area (Å²) in [6.45, 7) is 2.51. The number of carbonyl (C=O) groups is 1. The van der Waals surface area contributed by atoms with Gasteiger partial charge in [0.15, 0.2) is 0 Å². The summed E-state index contributed by atoms with van der Waals surface area (Å²) in [4.78, 5) is 11.7. The van der Waals surface area contributed by atoms with Gasteiger partial charge in [0.25, 0.3) is 0 Å². The molecule has 27 heavy (non-hydrogen) atoms. The van der Waals surface area contributed by atoms with Gasteiger partial charge in [0.05, 0.1) is 11.5 Å². The fourth-order valence-electron chi connectivity index (χ4n) is 3.20. The zero-order valence-electron chi connectivity index (χ0n) is 14.8. The molecule has 144 valence electrons. The normalized spacial score (nSPS) is 20.9. The number of rotatable bonds is 4. The Morgan fingerprint density at radius 1 is 1.30 bits per heavy atom. The van der Waals surface area contributed by atoms with E-state index in [1.54, 1.807) is 12.1 Å². The van der Waals surface area contributed by atoms with E-state index >= 15 is 0 Å². The number of anilines is 1. The topological polar surface area (TPSA) is 115 Å². The van der Waals surface area contributed by atoms with Crippen LogP contribution in [0.1, 0.15) is 36.8 Å². The number of carbonyl (C=O) groups excluding carboxylic acids is 1. The lowest BCUT2D eigenvalue weighted by atomic mass is 10.0. The first-order valence-electron chi connectivity index (χ1n) is 8.84. The van der Waals surface area contributed by atoms with E-state index in [1.807, 2.05) is 6.92 Å². The minimum Gasteiger partial charge on any atom is -0.422 e. The van der Waals surface area contributed by atoms with Crippen molar-refractivity contribution in [1.29, 1.82) is 0 Å². The Hall–Kier alpha value is -2.30. The van der Waals surface area contributed by atoms with Gasteiger partial charge in [-0.15, -0.1) is 10.2 Å². The van der Waals surface area contributed by atoms with Crippen LogP contribution in [0.25, 0.3) is 0 Å². The highest BCUT2D eigenvalue weighted by Crippen LogP contribution is 2.29. The Kier molecular flexibility index (Phi) is 4.70. The number of hydrogen-bond donors (Lipinski definition) is 1. The fraction of sp³-hybridized carbons (Fsp3) is 0.471. The van der Waals surface area contributed by atoms with E-state index < -0.39 is 16.1 Å². The molecule has 1 aromatic carbocycles. The van der Waals surface area contributed by atoms with Crippen LogP contribution >= 0.6 is 0 Å². The predicted molar refractivity (Wildman–Crippen MR) is 94.5 cm³/mol. The molecular weight excluding hydrogens is 372 g/mol. The molecule has 9 nitrogen and oxygen atoms in total. The van der Waals surface area contributed by atoms with E-state index in [2.05, 4.69) is 15.5 Å². The van der Waals surface area contributed by atoms with E-state index in [0.717, 1.165) is 5.56 Å². The molecule has 1 amide bonds. The molecule has 2 aliphatic rings. The third-order valence-electron chi connectivity index (χ3n) is 4.70. The van der Waals surface area contributed by atoms with Gasteiger partial charge in [-0.25, -0.2) is 8.42 Å². The Labute approximate surface area is 156 Å². The molecule has 0 aliphatic carbocycles. The second-order valence-corrected chi connectivity index (χ2v) is 8.42. The van der Waals surface area contributed by atoms with E-state index in [9.17, 15) is 13.2 Å². The third kappa shape index (κ3) is 3.47. The van der Waals surface area contributed by atoms with Crippen molar-refractivity contribution in [2.24, 2.45) is 0 Å². The average molecular weight is 392 g/mol. The minimum atomic E-state index is -3.70. The van der Waals surface area contributed by atoms with Crippen molar-refractivity contribution in [2.45, 2.75) is 37.2 Å². The Balaban J connectivity index is 1.57. The van der Waals surface area contributed by atoms with Crippen molar-refractivity contribution >= 4 is 21.6 Å². The maximum absolute atomic E-state index is 13.1. The zero-order chi connectivity index (χ0) is 19.0. The molecule has 0 unspecified atom stereocenters. The number of nitrogens with zero attached hydrogens (tertiary/aromatic N) is 3. The fourth-order valence-corrected chi connectivity index (χ4v) is 4.68. The molecule has 1 fully saturated rings. The van der Waals surface area contributed by atoms with E-state index in [4.69, 9.17) is 9.15 Å². The number of nitrogens with one attached hydrogen (secondary N) is 1. The van der Waals surface area contributed by atoms with Crippen LogP contribution in [0, 0.1) is 0 Å². The molecule has 1 atom stereocenters. The quantitative estimate of drug-likeness (QED) is 0.833. The summed E-state index contributed by atoms with van der Waals surface area (Å²) in [5.74, 6) is 0.727. The highest BCUT2D eigenvalue weighted by Gasteiger charge is 2.34. The number of aryl methyl sites for hydroxylation is 2. The van der Waals surface area contributed by atoms with Gasteiger partial charge in [-0.1, -0.05) is 6.92 Å². The maximum Gasteiger partial charge on any atom is 0.246 e. The largest absolute Gasteiger partial charge is 0.422 e. The summed E-state index contributed by atoms with van der Waals surface area (Å²) in [6.07, 6.45) is 0.900. The number of hydrogen-bond acceptors (Lipinski definition) is 7. The number of sulfonamides is 1. The molecule has 4 rings (SSSR count). The van der Waals surface area contributed by atoms with Crippen LogP contribution in [-0.2, 0) is 32.4 Å². The number of fused-ring (bicyclic) bond motifs is 1. The van der Waals surface area contributed by atoms with Crippen molar-refractivity contribution in [3.8, 4) is 0 Å². The molecule has 0 spiro atoms. The molecule has 0 saturated carbocycles. The van der Waals surface area contributed by atoms with Crippen molar-refractivity contribution in [3.05, 3.63) is 35.5 Å². The number of ether oxygens (including phenoxy) is 1. The van der Waals surface area contributed by atoms with Gasteiger partial charge in [-0.3, -0.25) is 4.79 Å². The highest BCUT2D eigenvalue weighted by atomic mass is 32.2. The molecular formula is C17H20N4O5S. The molecule has 3 heterocycles. The monoisotopic (exact) mass is 392 g/mol. The van der Waals surface area contributed by atoms with Gasteiger partial charge in [0, 0.05) is 31.6 Å². The lowest BCUT2D eigenvalue weighted by molar-refractivity contribution is -0.116. The van der Waals surface area contributed by atoms with Crippen LogP contribution in [0.5, 0.6) is 0 Å². The Bertz CT molecular complexity index is 971. The molecule has 1 aromatic heterocycles. The van der Waals surface area contributed by atoms with Crippen molar-refractivity contribution in [3.63, 3.8) is 0 Å². The molecule has 0 bridgehead atoms. The van der Waals surface area contributed by atoms with Crippen LogP contribution < -0.4 is 5.32 Å². The molecule has 2 aliphatic heterocycles. The number of aromatic nitrogens is 2. The average Bonchev–Trinajstić information content (AvgIpc) is 3.17. The van der Waals surface area contributed by atoms with Gasteiger partial charge in [-0.2, -0.15) is 4.31 Å². The van der Waals surface area contributed by atoms with Gasteiger partial charge < -0.3 is 14.5 Å². The second kappa shape index (κ2) is 7.02. The smallest absolute Gasteiger partial charge is 0.246 e. The first kappa shape index (κ1) is 18.1. The standard InChI is InChI=1S/C17H20N4O5S/c1-2-16-19-20-17(26-16)14-10-21(7-8-25-14)27(23,24)12-4-5-13-11(9-12)3-6-15(22)18-13/h4-5,9,14H,2-3,6-8,10H2,1H3,(H,18,22)/t14-/m1/s1. The lowest BCUT2D eigenvalue weighted by Crippen LogP contribution is -2.42. The molecule has 10 heteroatoms. The molecule has 1 N–H and O–H groups in total. The van der Waals surface area contributed by atoms with Crippen LogP contribution in [-0.4, -0.2) is 48.5 Å². The summed E-state index contributed by atoms with van der Waals surface area (Å²) in [7, 11) is -3.70. The van der Waals surface area contributed by atoms with Gasteiger partial charge >= 0.3 is 0 Å². The minimum absolute atomic E-state index is 0.0554. The van der Waals surface area contributed by atoms with Crippen molar-refractivity contribution in [1.82, 2.24) is 14.5 Å².